The van der Waals surface area contributed by atoms with Crippen LogP contribution in [-0.2, 0) is 16.1 Å². The minimum absolute atomic E-state index is 0.272. The lowest BCUT2D eigenvalue weighted by atomic mass is 10.2. The van der Waals surface area contributed by atoms with Gasteiger partial charge in [0.25, 0.3) is 0 Å². The van der Waals surface area contributed by atoms with Crippen LogP contribution in [0.25, 0.3) is 6.08 Å². The highest BCUT2D eigenvalue weighted by atomic mass is 79.9. The van der Waals surface area contributed by atoms with Gasteiger partial charge in [0.2, 0.25) is 0 Å². The molecule has 120 valence electrons. The minimum Gasteiger partial charge on any atom is -0.488 e. The van der Waals surface area contributed by atoms with Crippen molar-refractivity contribution in [3.05, 3.63) is 70.0 Å². The van der Waals surface area contributed by atoms with Crippen molar-refractivity contribution in [2.45, 2.75) is 13.5 Å². The molecule has 0 heterocycles. The zero-order valence-corrected chi connectivity index (χ0v) is 14.2. The van der Waals surface area contributed by atoms with E-state index in [0.29, 0.717) is 12.4 Å². The Morgan fingerprint density at radius 3 is 2.78 bits per heavy atom. The molecule has 0 N–H and O–H groups in total. The van der Waals surface area contributed by atoms with Gasteiger partial charge in [-0.05, 0) is 64.3 Å². The highest BCUT2D eigenvalue weighted by Gasteiger charge is 2.03. The summed E-state index contributed by atoms with van der Waals surface area (Å²) in [6.45, 7) is 2.38. The Labute approximate surface area is 142 Å². The Bertz CT molecular complexity index is 713. The van der Waals surface area contributed by atoms with Gasteiger partial charge in [0, 0.05) is 6.08 Å². The second-order valence-electron chi connectivity index (χ2n) is 4.69. The van der Waals surface area contributed by atoms with E-state index in [4.69, 9.17) is 9.47 Å². The summed E-state index contributed by atoms with van der Waals surface area (Å²) >= 11 is 3.42. The second-order valence-corrected chi connectivity index (χ2v) is 5.55. The molecule has 0 atom stereocenters. The van der Waals surface area contributed by atoms with Crippen LogP contribution in [0.1, 0.15) is 18.1 Å². The molecule has 0 unspecified atom stereocenters. The molecule has 0 aliphatic rings. The molecule has 2 aromatic carbocycles. The predicted molar refractivity (Wildman–Crippen MR) is 90.5 cm³/mol. The van der Waals surface area contributed by atoms with Gasteiger partial charge in [0.1, 0.15) is 18.2 Å². The fourth-order valence-corrected chi connectivity index (χ4v) is 2.39. The highest BCUT2D eigenvalue weighted by Crippen LogP contribution is 2.27. The fourth-order valence-electron chi connectivity index (χ4n) is 1.88. The van der Waals surface area contributed by atoms with Crippen molar-refractivity contribution in [1.82, 2.24) is 0 Å². The van der Waals surface area contributed by atoms with Gasteiger partial charge in [0.05, 0.1) is 11.1 Å². The van der Waals surface area contributed by atoms with Crippen molar-refractivity contribution in [2.75, 3.05) is 6.61 Å². The van der Waals surface area contributed by atoms with Crippen LogP contribution in [0, 0.1) is 5.82 Å². The van der Waals surface area contributed by atoms with Crippen LogP contribution in [0.15, 0.2) is 53.0 Å². The number of carbonyl (C=O) groups is 1. The molecule has 0 bridgehead atoms. The topological polar surface area (TPSA) is 35.5 Å². The van der Waals surface area contributed by atoms with Gasteiger partial charge in [-0.3, -0.25) is 0 Å². The molecule has 0 aliphatic heterocycles. The largest absolute Gasteiger partial charge is 0.488 e. The zero-order chi connectivity index (χ0) is 16.7. The molecule has 23 heavy (non-hydrogen) atoms. The van der Waals surface area contributed by atoms with Crippen LogP contribution < -0.4 is 4.74 Å². The van der Waals surface area contributed by atoms with E-state index in [0.717, 1.165) is 15.6 Å². The molecule has 0 amide bonds. The van der Waals surface area contributed by atoms with E-state index < -0.39 is 0 Å². The monoisotopic (exact) mass is 378 g/mol. The van der Waals surface area contributed by atoms with Crippen LogP contribution in [0.5, 0.6) is 5.75 Å². The van der Waals surface area contributed by atoms with Gasteiger partial charge in [-0.1, -0.05) is 18.2 Å². The third-order valence-electron chi connectivity index (χ3n) is 2.94. The molecule has 0 saturated carbocycles. The first-order valence-electron chi connectivity index (χ1n) is 7.10. The molecule has 5 heteroatoms. The normalized spacial score (nSPS) is 10.7. The Morgan fingerprint density at radius 2 is 2.09 bits per heavy atom. The lowest BCUT2D eigenvalue weighted by Crippen LogP contribution is -1.98. The van der Waals surface area contributed by atoms with E-state index in [9.17, 15) is 9.18 Å². The number of esters is 1. The second kappa shape index (κ2) is 8.48. The third-order valence-corrected chi connectivity index (χ3v) is 3.56. The maximum atomic E-state index is 13.1. The van der Waals surface area contributed by atoms with E-state index in [2.05, 4.69) is 15.9 Å². The molecular weight excluding hydrogens is 363 g/mol. The number of ether oxygens (including phenoxy) is 2. The Morgan fingerprint density at radius 1 is 1.26 bits per heavy atom. The van der Waals surface area contributed by atoms with Crippen LogP contribution in [0.3, 0.4) is 0 Å². The van der Waals surface area contributed by atoms with Crippen LogP contribution in [0.4, 0.5) is 4.39 Å². The summed E-state index contributed by atoms with van der Waals surface area (Å²) in [5, 5.41) is 0. The summed E-state index contributed by atoms with van der Waals surface area (Å²) in [5.74, 6) is -0.0257. The van der Waals surface area contributed by atoms with E-state index in [1.807, 2.05) is 12.1 Å². The summed E-state index contributed by atoms with van der Waals surface area (Å²) in [6.07, 6.45) is 3.04. The van der Waals surface area contributed by atoms with Gasteiger partial charge in [0.15, 0.2) is 0 Å². The molecule has 0 spiro atoms. The summed E-state index contributed by atoms with van der Waals surface area (Å²) < 4.78 is 24.4. The van der Waals surface area contributed by atoms with Crippen LogP contribution in [-0.4, -0.2) is 12.6 Å². The molecule has 0 fully saturated rings. The van der Waals surface area contributed by atoms with Gasteiger partial charge in [-0.2, -0.15) is 0 Å². The quantitative estimate of drug-likeness (QED) is 0.537. The van der Waals surface area contributed by atoms with Crippen molar-refractivity contribution in [2.24, 2.45) is 0 Å². The third kappa shape index (κ3) is 5.53. The molecular formula is C18H16BrFO3. The van der Waals surface area contributed by atoms with E-state index >= 15 is 0 Å². The number of benzene rings is 2. The molecule has 2 aromatic rings. The SMILES string of the molecule is CCOC(=O)/C=C/c1ccc(OCc2cccc(F)c2)c(Br)c1. The van der Waals surface area contributed by atoms with E-state index in [1.54, 1.807) is 31.2 Å². The lowest BCUT2D eigenvalue weighted by molar-refractivity contribution is -0.137. The molecule has 2 rings (SSSR count). The molecule has 0 aromatic heterocycles. The number of carbonyl (C=O) groups excluding carboxylic acids is 1. The molecule has 0 saturated heterocycles. The number of hydrogen-bond acceptors (Lipinski definition) is 3. The van der Waals surface area contributed by atoms with Gasteiger partial charge in [-0.15, -0.1) is 0 Å². The smallest absolute Gasteiger partial charge is 0.330 e. The first-order valence-corrected chi connectivity index (χ1v) is 7.89. The predicted octanol–water partition coefficient (Wildman–Crippen LogP) is 4.74. The average molecular weight is 379 g/mol. The maximum Gasteiger partial charge on any atom is 0.330 e. The Kier molecular flexibility index (Phi) is 6.35. The van der Waals surface area contributed by atoms with Gasteiger partial charge < -0.3 is 9.47 Å². The van der Waals surface area contributed by atoms with Gasteiger partial charge in [-0.25, -0.2) is 9.18 Å². The molecule has 0 radical (unpaired) electrons. The van der Waals surface area contributed by atoms with Crippen LogP contribution in [0.2, 0.25) is 0 Å². The summed E-state index contributed by atoms with van der Waals surface area (Å²) in [4.78, 5) is 11.3. The summed E-state index contributed by atoms with van der Waals surface area (Å²) in [5.41, 5.74) is 1.59. The Balaban J connectivity index is 2.00. The first-order chi connectivity index (χ1) is 11.1. The zero-order valence-electron chi connectivity index (χ0n) is 12.6. The number of hydrogen-bond donors (Lipinski definition) is 0. The van der Waals surface area contributed by atoms with E-state index in [-0.39, 0.29) is 18.4 Å². The standard InChI is InChI=1S/C18H16BrFO3/c1-2-22-18(21)9-7-13-6-8-17(16(19)11-13)23-12-14-4-3-5-15(20)10-14/h3-11H,2,12H2,1H3/b9-7+. The van der Waals surface area contributed by atoms with Crippen molar-refractivity contribution in [1.29, 1.82) is 0 Å². The van der Waals surface area contributed by atoms with Crippen LogP contribution >= 0.6 is 15.9 Å². The van der Waals surface area contributed by atoms with Crippen molar-refractivity contribution < 1.29 is 18.7 Å². The van der Waals surface area contributed by atoms with Gasteiger partial charge >= 0.3 is 5.97 Å². The minimum atomic E-state index is -0.380. The fraction of sp³-hybridized carbons (Fsp3) is 0.167. The summed E-state index contributed by atoms with van der Waals surface area (Å²) in [6, 6.07) is 11.7. The first kappa shape index (κ1) is 17.2. The average Bonchev–Trinajstić information content (AvgIpc) is 2.52. The highest BCUT2D eigenvalue weighted by molar-refractivity contribution is 9.10. The van der Waals surface area contributed by atoms with Crippen molar-refractivity contribution in [3.8, 4) is 5.75 Å². The Hall–Kier alpha value is -2.14. The number of halogens is 2. The van der Waals surface area contributed by atoms with Crippen molar-refractivity contribution >= 4 is 28.0 Å². The molecule has 3 nitrogen and oxygen atoms in total. The maximum absolute atomic E-state index is 13.1. The number of rotatable bonds is 6. The van der Waals surface area contributed by atoms with Crippen molar-refractivity contribution in [3.63, 3.8) is 0 Å². The molecule has 0 aliphatic carbocycles. The summed E-state index contributed by atoms with van der Waals surface area (Å²) in [7, 11) is 0. The lowest BCUT2D eigenvalue weighted by Gasteiger charge is -2.09. The van der Waals surface area contributed by atoms with E-state index in [1.165, 1.54) is 18.2 Å².